The number of benzene rings is 1. The normalized spacial score (nSPS) is 11.2. The molecular formula is C16H18BrN3O3. The Bertz CT molecular complexity index is 769. The van der Waals surface area contributed by atoms with Gasteiger partial charge in [0.25, 0.3) is 0 Å². The Labute approximate surface area is 143 Å². The van der Waals surface area contributed by atoms with Crippen molar-refractivity contribution in [3.63, 3.8) is 0 Å². The molecule has 6 nitrogen and oxygen atoms in total. The maximum Gasteiger partial charge on any atom is 0.413 e. The molecule has 0 aliphatic carbocycles. The van der Waals surface area contributed by atoms with Gasteiger partial charge in [-0.15, -0.1) is 0 Å². The molecule has 0 atom stereocenters. The molecule has 0 spiro atoms. The number of ether oxygens (including phenoxy) is 2. The molecule has 0 saturated carbocycles. The summed E-state index contributed by atoms with van der Waals surface area (Å²) in [5, 5.41) is 3.22. The van der Waals surface area contributed by atoms with Crippen LogP contribution in [0.1, 0.15) is 26.3 Å². The predicted octanol–water partition coefficient (Wildman–Crippen LogP) is 4.39. The molecule has 23 heavy (non-hydrogen) atoms. The molecule has 1 amide bonds. The Balaban J connectivity index is 2.58. The number of rotatable bonds is 3. The number of methoxy groups -OCH3 is 1. The number of anilines is 1. The summed E-state index contributed by atoms with van der Waals surface area (Å²) in [5.41, 5.74) is 0.770. The lowest BCUT2D eigenvalue weighted by atomic mass is 10.1. The van der Waals surface area contributed by atoms with Crippen LogP contribution in [0.4, 0.5) is 10.6 Å². The lowest BCUT2D eigenvalue weighted by molar-refractivity contribution is 0.0635. The van der Waals surface area contributed by atoms with Gasteiger partial charge in [0.05, 0.1) is 18.0 Å². The van der Waals surface area contributed by atoms with Crippen molar-refractivity contribution in [2.45, 2.75) is 26.4 Å². The van der Waals surface area contributed by atoms with E-state index in [0.717, 1.165) is 10.0 Å². The number of hydrogen-bond acceptors (Lipinski definition) is 5. The molecule has 0 fully saturated rings. The summed E-state index contributed by atoms with van der Waals surface area (Å²) >= 11 is 3.46. The second-order valence-electron chi connectivity index (χ2n) is 5.76. The molecule has 1 aromatic heterocycles. The number of halogens is 1. The third-order valence-corrected chi connectivity index (χ3v) is 3.49. The third-order valence-electron chi connectivity index (χ3n) is 2.89. The van der Waals surface area contributed by atoms with E-state index >= 15 is 0 Å². The zero-order valence-corrected chi connectivity index (χ0v) is 15.0. The first-order valence-electron chi connectivity index (χ1n) is 6.90. The van der Waals surface area contributed by atoms with Crippen molar-refractivity contribution in [1.29, 1.82) is 0 Å². The molecule has 122 valence electrons. The fraction of sp³-hybridized carbons (Fsp3) is 0.312. The fourth-order valence-electron chi connectivity index (χ4n) is 2.06. The maximum absolute atomic E-state index is 12.0. The van der Waals surface area contributed by atoms with Crippen LogP contribution in [0.5, 0.6) is 5.75 Å². The Morgan fingerprint density at radius 2 is 2.09 bits per heavy atom. The van der Waals surface area contributed by atoms with Crippen LogP contribution in [0.2, 0.25) is 0 Å². The number of carbonyl (C=O) groups excluding carboxylic acids is 1. The van der Waals surface area contributed by atoms with E-state index in [1.165, 1.54) is 6.33 Å². The van der Waals surface area contributed by atoms with Gasteiger partial charge in [0.1, 0.15) is 23.5 Å². The predicted molar refractivity (Wildman–Crippen MR) is 93.7 cm³/mol. The van der Waals surface area contributed by atoms with Gasteiger partial charge in [0, 0.05) is 10.0 Å². The highest BCUT2D eigenvalue weighted by molar-refractivity contribution is 9.10. The second kappa shape index (κ2) is 6.54. The summed E-state index contributed by atoms with van der Waals surface area (Å²) in [4.78, 5) is 20.4. The lowest BCUT2D eigenvalue weighted by Gasteiger charge is -2.20. The van der Waals surface area contributed by atoms with E-state index in [1.54, 1.807) is 34.0 Å². The number of aromatic nitrogens is 2. The topological polar surface area (TPSA) is 73.3 Å². The average molecular weight is 380 g/mol. The van der Waals surface area contributed by atoms with Crippen molar-refractivity contribution >= 4 is 44.8 Å². The van der Waals surface area contributed by atoms with E-state index in [0.29, 0.717) is 22.5 Å². The van der Waals surface area contributed by atoms with Gasteiger partial charge in [-0.05, 0) is 42.8 Å². The van der Waals surface area contributed by atoms with E-state index in [2.05, 4.69) is 37.8 Å². The van der Waals surface area contributed by atoms with Crippen LogP contribution in [-0.2, 0) is 4.74 Å². The molecule has 0 saturated heterocycles. The van der Waals surface area contributed by atoms with Gasteiger partial charge in [-0.1, -0.05) is 12.7 Å². The van der Waals surface area contributed by atoms with Crippen molar-refractivity contribution in [2.24, 2.45) is 0 Å². The lowest BCUT2D eigenvalue weighted by Crippen LogP contribution is -2.27. The van der Waals surface area contributed by atoms with Crippen molar-refractivity contribution < 1.29 is 14.3 Å². The van der Waals surface area contributed by atoms with Gasteiger partial charge in [0.15, 0.2) is 0 Å². The Hall–Kier alpha value is -2.15. The minimum absolute atomic E-state index is 0.311. The van der Waals surface area contributed by atoms with Crippen LogP contribution < -0.4 is 10.1 Å². The van der Waals surface area contributed by atoms with Crippen molar-refractivity contribution in [2.75, 3.05) is 12.4 Å². The summed E-state index contributed by atoms with van der Waals surface area (Å²) < 4.78 is 11.5. The molecule has 7 heteroatoms. The smallest absolute Gasteiger partial charge is 0.413 e. The van der Waals surface area contributed by atoms with E-state index in [-0.39, 0.29) is 0 Å². The molecule has 1 N–H and O–H groups in total. The van der Waals surface area contributed by atoms with Gasteiger partial charge in [-0.3, -0.25) is 5.32 Å². The number of carbonyl (C=O) groups is 1. The number of nitrogens with zero attached hydrogens (tertiary/aromatic N) is 2. The maximum atomic E-state index is 12.0. The number of fused-ring (bicyclic) bond motifs is 1. The van der Waals surface area contributed by atoms with E-state index in [1.807, 2.05) is 6.07 Å². The number of amides is 1. The molecule has 1 heterocycles. The average Bonchev–Trinajstić information content (AvgIpc) is 2.45. The molecule has 0 radical (unpaired) electrons. The van der Waals surface area contributed by atoms with Crippen LogP contribution >= 0.6 is 15.9 Å². The van der Waals surface area contributed by atoms with Gasteiger partial charge in [0.2, 0.25) is 0 Å². The molecule has 0 aliphatic rings. The molecular weight excluding hydrogens is 362 g/mol. The molecule has 2 rings (SSSR count). The Morgan fingerprint density at radius 1 is 1.39 bits per heavy atom. The SMILES string of the molecule is C=Cc1cc(Br)c2ncnc(NC(=O)OC(C)(C)C)c2c1OC. The summed E-state index contributed by atoms with van der Waals surface area (Å²) in [6.07, 6.45) is 2.43. The highest BCUT2D eigenvalue weighted by atomic mass is 79.9. The van der Waals surface area contributed by atoms with E-state index in [9.17, 15) is 4.79 Å². The van der Waals surface area contributed by atoms with E-state index in [4.69, 9.17) is 9.47 Å². The quantitative estimate of drug-likeness (QED) is 0.855. The van der Waals surface area contributed by atoms with Gasteiger partial charge >= 0.3 is 6.09 Å². The standard InChI is InChI=1S/C16H18BrN3O3/c1-6-9-7-10(17)12-11(13(9)22-5)14(19-8-18-12)20-15(21)23-16(2,3)4/h6-8H,1H2,2-5H3,(H,18,19,20,21). The van der Waals surface area contributed by atoms with Gasteiger partial charge in [-0.2, -0.15) is 0 Å². The molecule has 0 unspecified atom stereocenters. The summed E-state index contributed by atoms with van der Waals surface area (Å²) in [6, 6.07) is 1.85. The second-order valence-corrected chi connectivity index (χ2v) is 6.61. The van der Waals surface area contributed by atoms with Crippen LogP contribution in [0.3, 0.4) is 0 Å². The van der Waals surface area contributed by atoms with Gasteiger partial charge < -0.3 is 9.47 Å². The van der Waals surface area contributed by atoms with Crippen LogP contribution in [0.25, 0.3) is 17.0 Å². The van der Waals surface area contributed by atoms with Crippen LogP contribution in [-0.4, -0.2) is 28.8 Å². The zero-order chi connectivity index (χ0) is 17.2. The van der Waals surface area contributed by atoms with Crippen LogP contribution in [0.15, 0.2) is 23.4 Å². The monoisotopic (exact) mass is 379 g/mol. The molecule has 2 aromatic rings. The number of nitrogens with one attached hydrogen (secondary N) is 1. The minimum Gasteiger partial charge on any atom is -0.495 e. The van der Waals surface area contributed by atoms with Crippen molar-refractivity contribution in [3.8, 4) is 5.75 Å². The summed E-state index contributed by atoms with van der Waals surface area (Å²) in [6.45, 7) is 9.14. The largest absolute Gasteiger partial charge is 0.495 e. The molecule has 1 aromatic carbocycles. The number of hydrogen-bond donors (Lipinski definition) is 1. The molecule has 0 aliphatic heterocycles. The van der Waals surface area contributed by atoms with Crippen molar-refractivity contribution in [1.82, 2.24) is 9.97 Å². The highest BCUT2D eigenvalue weighted by Gasteiger charge is 2.20. The minimum atomic E-state index is -0.607. The first kappa shape index (κ1) is 17.2. The fourth-order valence-corrected chi connectivity index (χ4v) is 2.61. The first-order chi connectivity index (χ1) is 10.8. The van der Waals surface area contributed by atoms with Crippen LogP contribution in [0, 0.1) is 0 Å². The van der Waals surface area contributed by atoms with Crippen molar-refractivity contribution in [3.05, 3.63) is 29.0 Å². The molecule has 0 bridgehead atoms. The third kappa shape index (κ3) is 3.79. The zero-order valence-electron chi connectivity index (χ0n) is 13.4. The highest BCUT2D eigenvalue weighted by Crippen LogP contribution is 2.38. The summed E-state index contributed by atoms with van der Waals surface area (Å²) in [7, 11) is 1.54. The Kier molecular flexibility index (Phi) is 4.89. The van der Waals surface area contributed by atoms with Gasteiger partial charge in [-0.25, -0.2) is 14.8 Å². The Morgan fingerprint density at radius 3 is 2.65 bits per heavy atom. The summed E-state index contributed by atoms with van der Waals surface area (Å²) in [5.74, 6) is 0.843. The van der Waals surface area contributed by atoms with E-state index < -0.39 is 11.7 Å². The first-order valence-corrected chi connectivity index (χ1v) is 7.69.